The second-order valence-electron chi connectivity index (χ2n) is 4.22. The molecule has 5 nitrogen and oxygen atoms in total. The van der Waals surface area contributed by atoms with Gasteiger partial charge >= 0.3 is 10.2 Å². The molecule has 1 saturated heterocycles. The molecule has 0 bridgehead atoms. The van der Waals surface area contributed by atoms with E-state index < -0.39 is 33.6 Å². The molecule has 0 aliphatic carbocycles. The van der Waals surface area contributed by atoms with E-state index in [0.717, 1.165) is 11.0 Å². The second-order valence-corrected chi connectivity index (χ2v) is 5.84. The number of nitrogens with zero attached hydrogens (tertiary/aromatic N) is 1. The molecule has 2 rings (SSSR count). The lowest BCUT2D eigenvalue weighted by Gasteiger charge is -2.19. The van der Waals surface area contributed by atoms with Crippen LogP contribution in [0.1, 0.15) is 6.42 Å². The van der Waals surface area contributed by atoms with Gasteiger partial charge in [0.2, 0.25) is 5.91 Å². The van der Waals surface area contributed by atoms with Crippen molar-refractivity contribution in [1.29, 1.82) is 0 Å². The maximum absolute atomic E-state index is 13.2. The molecule has 1 heterocycles. The first-order valence-electron chi connectivity index (χ1n) is 5.54. The molecular formula is C11H12F2N2O3S. The Bertz CT molecular complexity index is 618. The van der Waals surface area contributed by atoms with Crippen LogP contribution in [0.5, 0.6) is 0 Å². The van der Waals surface area contributed by atoms with Gasteiger partial charge in [-0.3, -0.25) is 4.79 Å². The Morgan fingerprint density at radius 2 is 2.11 bits per heavy atom. The first kappa shape index (κ1) is 13.7. The minimum atomic E-state index is -4.78. The largest absolute Gasteiger partial charge is 0.386 e. The van der Waals surface area contributed by atoms with E-state index >= 15 is 0 Å². The third kappa shape index (κ3) is 2.67. The normalized spacial score (nSPS) is 19.8. The predicted octanol–water partition coefficient (Wildman–Crippen LogP) is 1.27. The molecule has 1 N–H and O–H groups in total. The Kier molecular flexibility index (Phi) is 3.44. The van der Waals surface area contributed by atoms with Crippen LogP contribution in [0.25, 0.3) is 0 Å². The van der Waals surface area contributed by atoms with Crippen molar-refractivity contribution < 1.29 is 21.5 Å². The van der Waals surface area contributed by atoms with Crippen molar-refractivity contribution in [3.63, 3.8) is 0 Å². The number of carbonyl (C=O) groups is 1. The number of halogens is 2. The SMILES string of the molecule is CNc1ccc(F)cc1N1CC(S(=O)(=O)F)CC1=O. The average molecular weight is 290 g/mol. The van der Waals surface area contributed by atoms with Gasteiger partial charge in [-0.05, 0) is 18.2 Å². The highest BCUT2D eigenvalue weighted by atomic mass is 32.3. The van der Waals surface area contributed by atoms with Crippen LogP contribution in [0.15, 0.2) is 18.2 Å². The number of amides is 1. The molecular weight excluding hydrogens is 278 g/mol. The van der Waals surface area contributed by atoms with E-state index in [2.05, 4.69) is 5.32 Å². The zero-order valence-electron chi connectivity index (χ0n) is 10.1. The van der Waals surface area contributed by atoms with E-state index in [1.165, 1.54) is 12.1 Å². The van der Waals surface area contributed by atoms with Gasteiger partial charge in [0.15, 0.2) is 0 Å². The summed E-state index contributed by atoms with van der Waals surface area (Å²) in [6, 6.07) is 3.74. The van der Waals surface area contributed by atoms with Crippen LogP contribution in [-0.4, -0.2) is 33.2 Å². The van der Waals surface area contributed by atoms with Crippen molar-refractivity contribution in [2.45, 2.75) is 11.7 Å². The monoisotopic (exact) mass is 290 g/mol. The van der Waals surface area contributed by atoms with Gasteiger partial charge in [0.1, 0.15) is 11.1 Å². The Labute approximate surface area is 109 Å². The summed E-state index contributed by atoms with van der Waals surface area (Å²) in [5.74, 6) is -1.11. The smallest absolute Gasteiger partial charge is 0.307 e. The highest BCUT2D eigenvalue weighted by molar-refractivity contribution is 7.87. The Morgan fingerprint density at radius 3 is 2.63 bits per heavy atom. The summed E-state index contributed by atoms with van der Waals surface area (Å²) >= 11 is 0. The summed E-state index contributed by atoms with van der Waals surface area (Å²) < 4.78 is 47.8. The van der Waals surface area contributed by atoms with Crippen LogP contribution in [-0.2, 0) is 15.0 Å². The molecule has 1 fully saturated rings. The molecule has 8 heteroatoms. The van der Waals surface area contributed by atoms with E-state index in [4.69, 9.17) is 0 Å². The summed E-state index contributed by atoms with van der Waals surface area (Å²) in [5, 5.41) is 1.37. The zero-order valence-corrected chi connectivity index (χ0v) is 10.9. The van der Waals surface area contributed by atoms with E-state index in [9.17, 15) is 21.5 Å². The number of carbonyl (C=O) groups excluding carboxylic acids is 1. The summed E-state index contributed by atoms with van der Waals surface area (Å²) in [5.41, 5.74) is 0.672. The van der Waals surface area contributed by atoms with Crippen LogP contribution in [0.3, 0.4) is 0 Å². The first-order valence-corrected chi connectivity index (χ1v) is 6.98. The fourth-order valence-corrected chi connectivity index (χ4v) is 2.70. The molecule has 1 aliphatic rings. The van der Waals surface area contributed by atoms with Crippen LogP contribution in [0, 0.1) is 5.82 Å². The number of benzene rings is 1. The van der Waals surface area contributed by atoms with Gasteiger partial charge in [-0.2, -0.15) is 8.42 Å². The fraction of sp³-hybridized carbons (Fsp3) is 0.364. The predicted molar refractivity (Wildman–Crippen MR) is 66.7 cm³/mol. The van der Waals surface area contributed by atoms with E-state index in [1.807, 2.05) is 0 Å². The number of rotatable bonds is 3. The van der Waals surface area contributed by atoms with E-state index in [1.54, 1.807) is 7.05 Å². The zero-order chi connectivity index (χ0) is 14.2. The molecule has 1 aliphatic heterocycles. The Morgan fingerprint density at radius 1 is 1.42 bits per heavy atom. The van der Waals surface area contributed by atoms with Crippen LogP contribution < -0.4 is 10.2 Å². The average Bonchev–Trinajstić information content (AvgIpc) is 2.71. The molecule has 19 heavy (non-hydrogen) atoms. The summed E-state index contributed by atoms with van der Waals surface area (Å²) in [4.78, 5) is 12.8. The highest BCUT2D eigenvalue weighted by Gasteiger charge is 2.39. The van der Waals surface area contributed by atoms with E-state index in [0.29, 0.717) is 5.69 Å². The number of hydrogen-bond acceptors (Lipinski definition) is 4. The van der Waals surface area contributed by atoms with Gasteiger partial charge in [-0.1, -0.05) is 0 Å². The third-order valence-electron chi connectivity index (χ3n) is 3.01. The van der Waals surface area contributed by atoms with Gasteiger partial charge < -0.3 is 10.2 Å². The van der Waals surface area contributed by atoms with Crippen molar-refractivity contribution in [2.24, 2.45) is 0 Å². The maximum atomic E-state index is 13.2. The summed E-state index contributed by atoms with van der Waals surface area (Å²) in [6.07, 6.45) is -0.432. The van der Waals surface area contributed by atoms with Gasteiger partial charge in [-0.25, -0.2) is 4.39 Å². The van der Waals surface area contributed by atoms with Crippen molar-refractivity contribution in [3.8, 4) is 0 Å². The molecule has 1 unspecified atom stereocenters. The highest BCUT2D eigenvalue weighted by Crippen LogP contribution is 2.32. The fourth-order valence-electron chi connectivity index (χ4n) is 2.04. The minimum absolute atomic E-state index is 0.207. The van der Waals surface area contributed by atoms with Gasteiger partial charge in [0.05, 0.1) is 11.4 Å². The molecule has 1 aromatic rings. The van der Waals surface area contributed by atoms with Gasteiger partial charge in [0, 0.05) is 20.0 Å². The standard InChI is InChI=1S/C11H12F2N2O3S/c1-14-9-3-2-7(12)4-10(9)15-6-8(5-11(15)16)19(13,17)18/h2-4,8,14H,5-6H2,1H3. The van der Waals surface area contributed by atoms with Crippen molar-refractivity contribution in [2.75, 3.05) is 23.8 Å². The van der Waals surface area contributed by atoms with Gasteiger partial charge in [0.25, 0.3) is 0 Å². The summed E-state index contributed by atoms with van der Waals surface area (Å²) in [7, 11) is -3.20. The lowest BCUT2D eigenvalue weighted by molar-refractivity contribution is -0.117. The molecule has 0 saturated carbocycles. The Hall–Kier alpha value is -1.70. The molecule has 0 radical (unpaired) electrons. The topological polar surface area (TPSA) is 66.5 Å². The molecule has 1 atom stereocenters. The van der Waals surface area contributed by atoms with E-state index in [-0.39, 0.29) is 12.2 Å². The quantitative estimate of drug-likeness (QED) is 0.851. The number of hydrogen-bond donors (Lipinski definition) is 1. The van der Waals surface area contributed by atoms with Crippen LogP contribution in [0.2, 0.25) is 0 Å². The van der Waals surface area contributed by atoms with Crippen LogP contribution in [0.4, 0.5) is 19.7 Å². The Balaban J connectivity index is 2.38. The molecule has 1 amide bonds. The van der Waals surface area contributed by atoms with Crippen molar-refractivity contribution >= 4 is 27.5 Å². The third-order valence-corrected chi connectivity index (χ3v) is 4.12. The van der Waals surface area contributed by atoms with Crippen molar-refractivity contribution in [1.82, 2.24) is 0 Å². The molecule has 1 aromatic carbocycles. The molecule has 104 valence electrons. The molecule has 0 spiro atoms. The lowest BCUT2D eigenvalue weighted by atomic mass is 10.2. The first-order chi connectivity index (χ1) is 8.82. The number of anilines is 2. The van der Waals surface area contributed by atoms with Crippen LogP contribution >= 0.6 is 0 Å². The maximum Gasteiger partial charge on any atom is 0.307 e. The number of nitrogens with one attached hydrogen (secondary N) is 1. The minimum Gasteiger partial charge on any atom is -0.386 e. The lowest BCUT2D eigenvalue weighted by Crippen LogP contribution is -2.27. The summed E-state index contributed by atoms with van der Waals surface area (Å²) in [6.45, 7) is -0.310. The van der Waals surface area contributed by atoms with Gasteiger partial charge in [-0.15, -0.1) is 3.89 Å². The second kappa shape index (κ2) is 4.76. The molecule has 0 aromatic heterocycles. The van der Waals surface area contributed by atoms with Crippen molar-refractivity contribution in [3.05, 3.63) is 24.0 Å².